The van der Waals surface area contributed by atoms with E-state index in [1.807, 2.05) is 30.7 Å². The van der Waals surface area contributed by atoms with Gasteiger partial charge in [0, 0.05) is 24.2 Å². The van der Waals surface area contributed by atoms with Crippen LogP contribution in [0.4, 0.5) is 0 Å². The van der Waals surface area contributed by atoms with Gasteiger partial charge in [0.25, 0.3) is 0 Å². The molecule has 2 aromatic rings. The highest BCUT2D eigenvalue weighted by Crippen LogP contribution is 2.22. The van der Waals surface area contributed by atoms with Gasteiger partial charge in [-0.1, -0.05) is 19.8 Å². The number of aromatic nitrogens is 3. The summed E-state index contributed by atoms with van der Waals surface area (Å²) < 4.78 is 0. The second-order valence-corrected chi connectivity index (χ2v) is 3.94. The standard InChI is InChI=1S/C13H17N3/c1-2-3-4-5-13-12(10-15-16-13)11-6-8-14-9-7-11/h6-10H,2-5H2,1H3,(H,15,16). The Balaban J connectivity index is 2.13. The maximum Gasteiger partial charge on any atom is 0.0700 e. The third-order valence-corrected chi connectivity index (χ3v) is 2.73. The van der Waals surface area contributed by atoms with E-state index in [0.717, 1.165) is 6.42 Å². The molecule has 3 heteroatoms. The van der Waals surface area contributed by atoms with Crippen LogP contribution in [-0.4, -0.2) is 15.2 Å². The van der Waals surface area contributed by atoms with Crippen molar-refractivity contribution in [2.75, 3.05) is 0 Å². The Labute approximate surface area is 95.9 Å². The minimum absolute atomic E-state index is 1.05. The second-order valence-electron chi connectivity index (χ2n) is 3.94. The molecule has 2 heterocycles. The highest BCUT2D eigenvalue weighted by molar-refractivity contribution is 5.64. The molecule has 2 rings (SSSR count). The van der Waals surface area contributed by atoms with Crippen molar-refractivity contribution >= 4 is 0 Å². The average Bonchev–Trinajstić information content (AvgIpc) is 2.79. The van der Waals surface area contributed by atoms with Gasteiger partial charge in [-0.2, -0.15) is 5.10 Å². The van der Waals surface area contributed by atoms with E-state index in [9.17, 15) is 0 Å². The zero-order valence-corrected chi connectivity index (χ0v) is 9.61. The van der Waals surface area contributed by atoms with Gasteiger partial charge >= 0.3 is 0 Å². The molecule has 0 spiro atoms. The fraction of sp³-hybridized carbons (Fsp3) is 0.385. The fourth-order valence-electron chi connectivity index (χ4n) is 1.83. The minimum Gasteiger partial charge on any atom is -0.285 e. The number of rotatable bonds is 5. The molecule has 16 heavy (non-hydrogen) atoms. The predicted octanol–water partition coefficient (Wildman–Crippen LogP) is 3.20. The molecule has 0 aliphatic rings. The van der Waals surface area contributed by atoms with Crippen molar-refractivity contribution in [2.24, 2.45) is 0 Å². The average molecular weight is 215 g/mol. The van der Waals surface area contributed by atoms with Gasteiger partial charge in [0.05, 0.1) is 5.69 Å². The molecule has 0 amide bonds. The van der Waals surface area contributed by atoms with Crippen molar-refractivity contribution in [3.05, 3.63) is 36.4 Å². The van der Waals surface area contributed by atoms with Crippen LogP contribution in [0.15, 0.2) is 30.7 Å². The third kappa shape index (κ3) is 2.48. The van der Waals surface area contributed by atoms with Crippen molar-refractivity contribution in [3.63, 3.8) is 0 Å². The highest BCUT2D eigenvalue weighted by Gasteiger charge is 2.06. The summed E-state index contributed by atoms with van der Waals surface area (Å²) in [6, 6.07) is 4.04. The van der Waals surface area contributed by atoms with Crippen molar-refractivity contribution in [2.45, 2.75) is 32.6 Å². The lowest BCUT2D eigenvalue weighted by atomic mass is 10.0. The fourth-order valence-corrected chi connectivity index (χ4v) is 1.83. The molecule has 84 valence electrons. The van der Waals surface area contributed by atoms with Gasteiger partial charge in [-0.15, -0.1) is 0 Å². The van der Waals surface area contributed by atoms with Gasteiger partial charge < -0.3 is 0 Å². The molecule has 3 nitrogen and oxygen atoms in total. The number of pyridine rings is 1. The largest absolute Gasteiger partial charge is 0.285 e. The smallest absolute Gasteiger partial charge is 0.0700 e. The number of nitrogens with one attached hydrogen (secondary N) is 1. The van der Waals surface area contributed by atoms with E-state index in [1.165, 1.54) is 36.1 Å². The van der Waals surface area contributed by atoms with Crippen molar-refractivity contribution in [3.8, 4) is 11.1 Å². The molecular formula is C13H17N3. The van der Waals surface area contributed by atoms with E-state index in [0.29, 0.717) is 0 Å². The summed E-state index contributed by atoms with van der Waals surface area (Å²) in [7, 11) is 0. The summed E-state index contributed by atoms with van der Waals surface area (Å²) in [4.78, 5) is 4.03. The van der Waals surface area contributed by atoms with Gasteiger partial charge in [0.2, 0.25) is 0 Å². The molecule has 0 aliphatic carbocycles. The number of aromatic amines is 1. The first-order valence-electron chi connectivity index (χ1n) is 5.85. The second kappa shape index (κ2) is 5.45. The Bertz CT molecular complexity index is 420. The highest BCUT2D eigenvalue weighted by atomic mass is 15.1. The van der Waals surface area contributed by atoms with E-state index in [-0.39, 0.29) is 0 Å². The molecule has 0 unspecified atom stereocenters. The van der Waals surface area contributed by atoms with E-state index < -0.39 is 0 Å². The van der Waals surface area contributed by atoms with Gasteiger partial charge in [0.15, 0.2) is 0 Å². The SMILES string of the molecule is CCCCCc1n[nH]cc1-c1ccncc1. The van der Waals surface area contributed by atoms with Crippen molar-refractivity contribution < 1.29 is 0 Å². The predicted molar refractivity (Wildman–Crippen MR) is 65.0 cm³/mol. The van der Waals surface area contributed by atoms with E-state index in [4.69, 9.17) is 0 Å². The lowest BCUT2D eigenvalue weighted by molar-refractivity contribution is 0.706. The maximum absolute atomic E-state index is 4.32. The molecule has 0 aliphatic heterocycles. The first-order chi connectivity index (χ1) is 7.92. The molecule has 0 radical (unpaired) electrons. The van der Waals surface area contributed by atoms with Crippen LogP contribution in [0.2, 0.25) is 0 Å². The first kappa shape index (κ1) is 10.9. The van der Waals surface area contributed by atoms with Crippen molar-refractivity contribution in [1.29, 1.82) is 0 Å². The van der Waals surface area contributed by atoms with Gasteiger partial charge in [-0.25, -0.2) is 0 Å². The summed E-state index contributed by atoms with van der Waals surface area (Å²) in [5, 5.41) is 7.27. The topological polar surface area (TPSA) is 41.6 Å². The summed E-state index contributed by atoms with van der Waals surface area (Å²) >= 11 is 0. The summed E-state index contributed by atoms with van der Waals surface area (Å²) in [6.07, 6.45) is 10.4. The van der Waals surface area contributed by atoms with E-state index >= 15 is 0 Å². The summed E-state index contributed by atoms with van der Waals surface area (Å²) in [5.41, 5.74) is 3.56. The zero-order valence-electron chi connectivity index (χ0n) is 9.61. The van der Waals surface area contributed by atoms with Gasteiger partial charge in [0.1, 0.15) is 0 Å². The Kier molecular flexibility index (Phi) is 3.70. The number of hydrogen-bond donors (Lipinski definition) is 1. The monoisotopic (exact) mass is 215 g/mol. The van der Waals surface area contributed by atoms with Crippen LogP contribution < -0.4 is 0 Å². The van der Waals surface area contributed by atoms with Crippen LogP contribution in [0.1, 0.15) is 31.9 Å². The number of unbranched alkanes of at least 4 members (excludes halogenated alkanes) is 2. The minimum atomic E-state index is 1.05. The molecule has 2 aromatic heterocycles. The zero-order chi connectivity index (χ0) is 11.2. The molecule has 0 saturated heterocycles. The first-order valence-corrected chi connectivity index (χ1v) is 5.85. The van der Waals surface area contributed by atoms with Crippen LogP contribution >= 0.6 is 0 Å². The number of H-pyrrole nitrogens is 1. The van der Waals surface area contributed by atoms with Crippen LogP contribution in [0.25, 0.3) is 11.1 Å². The molecule has 0 saturated carbocycles. The Hall–Kier alpha value is -1.64. The summed E-state index contributed by atoms with van der Waals surface area (Å²) in [5.74, 6) is 0. The van der Waals surface area contributed by atoms with Gasteiger partial charge in [-0.05, 0) is 30.5 Å². The quantitative estimate of drug-likeness (QED) is 0.778. The number of aryl methyl sites for hydroxylation is 1. The van der Waals surface area contributed by atoms with Gasteiger partial charge in [-0.3, -0.25) is 10.1 Å². The number of nitrogens with zero attached hydrogens (tertiary/aromatic N) is 2. The molecule has 0 aromatic carbocycles. The summed E-state index contributed by atoms with van der Waals surface area (Å²) in [6.45, 7) is 2.22. The number of hydrogen-bond acceptors (Lipinski definition) is 2. The van der Waals surface area contributed by atoms with Crippen LogP contribution in [0.5, 0.6) is 0 Å². The molecule has 1 N–H and O–H groups in total. The lowest BCUT2D eigenvalue weighted by Gasteiger charge is -2.01. The third-order valence-electron chi connectivity index (χ3n) is 2.73. The lowest BCUT2D eigenvalue weighted by Crippen LogP contribution is -1.89. The Morgan fingerprint density at radius 1 is 1.19 bits per heavy atom. The Morgan fingerprint density at radius 3 is 2.75 bits per heavy atom. The van der Waals surface area contributed by atoms with Crippen LogP contribution in [0.3, 0.4) is 0 Å². The Morgan fingerprint density at radius 2 is 2.00 bits per heavy atom. The molecule has 0 atom stereocenters. The maximum atomic E-state index is 4.32. The normalized spacial score (nSPS) is 10.6. The van der Waals surface area contributed by atoms with Crippen molar-refractivity contribution in [1.82, 2.24) is 15.2 Å². The van der Waals surface area contributed by atoms with E-state index in [2.05, 4.69) is 22.1 Å². The van der Waals surface area contributed by atoms with E-state index in [1.54, 1.807) is 0 Å². The van der Waals surface area contributed by atoms with Crippen LogP contribution in [0, 0.1) is 0 Å². The molecule has 0 fully saturated rings. The van der Waals surface area contributed by atoms with Crippen LogP contribution in [-0.2, 0) is 6.42 Å². The molecular weight excluding hydrogens is 198 g/mol. The molecule has 0 bridgehead atoms.